The second-order valence-corrected chi connectivity index (χ2v) is 7.30. The van der Waals surface area contributed by atoms with E-state index in [1.165, 1.54) is 11.8 Å². The van der Waals surface area contributed by atoms with Crippen LogP contribution in [0.5, 0.6) is 0 Å². The maximum Gasteiger partial charge on any atom is 0.326 e. The van der Waals surface area contributed by atoms with Gasteiger partial charge in [0.1, 0.15) is 15.9 Å². The molecule has 0 radical (unpaired) electrons. The van der Waals surface area contributed by atoms with Crippen molar-refractivity contribution in [3.63, 3.8) is 0 Å². The molecule has 0 rings (SSSR count). The van der Waals surface area contributed by atoms with E-state index in [9.17, 15) is 18.0 Å². The summed E-state index contributed by atoms with van der Waals surface area (Å²) in [5.74, 6) is -0.465. The zero-order valence-corrected chi connectivity index (χ0v) is 12.6. The van der Waals surface area contributed by atoms with Gasteiger partial charge in [-0.3, -0.25) is 0 Å². The summed E-state index contributed by atoms with van der Waals surface area (Å²) in [7, 11) is -3.04. The third-order valence-electron chi connectivity index (χ3n) is 2.19. The van der Waals surface area contributed by atoms with Crippen LogP contribution in [0.15, 0.2) is 0 Å². The van der Waals surface area contributed by atoms with Crippen molar-refractivity contribution >= 4 is 33.6 Å². The molecule has 0 aromatic rings. The molecule has 9 heteroatoms. The van der Waals surface area contributed by atoms with Crippen LogP contribution in [-0.2, 0) is 14.6 Å². The first kappa shape index (κ1) is 18.0. The van der Waals surface area contributed by atoms with Gasteiger partial charge in [-0.15, -0.1) is 0 Å². The quantitative estimate of drug-likeness (QED) is 0.514. The Morgan fingerprint density at radius 3 is 2.47 bits per heavy atom. The topological polar surface area (TPSA) is 113 Å². The molecule has 3 N–H and O–H groups in total. The van der Waals surface area contributed by atoms with Gasteiger partial charge in [-0.05, 0) is 24.9 Å². The molecule has 0 fully saturated rings. The van der Waals surface area contributed by atoms with Crippen molar-refractivity contribution in [2.75, 3.05) is 30.6 Å². The van der Waals surface area contributed by atoms with E-state index < -0.39 is 27.9 Å². The van der Waals surface area contributed by atoms with Crippen molar-refractivity contribution in [3.8, 4) is 0 Å². The van der Waals surface area contributed by atoms with Crippen molar-refractivity contribution in [2.45, 2.75) is 18.9 Å². The van der Waals surface area contributed by atoms with Crippen molar-refractivity contribution in [3.05, 3.63) is 0 Å². The van der Waals surface area contributed by atoms with E-state index in [-0.39, 0.29) is 12.3 Å². The second-order valence-electron chi connectivity index (χ2n) is 4.06. The number of urea groups is 1. The highest BCUT2D eigenvalue weighted by atomic mass is 32.2. The molecule has 0 bridgehead atoms. The van der Waals surface area contributed by atoms with Gasteiger partial charge in [0, 0.05) is 12.8 Å². The number of hydrogen-bond donors (Lipinski definition) is 3. The van der Waals surface area contributed by atoms with E-state index in [0.717, 1.165) is 6.26 Å². The van der Waals surface area contributed by atoms with Gasteiger partial charge in [0.05, 0.1) is 5.75 Å². The predicted octanol–water partition coefficient (Wildman–Crippen LogP) is -0.0734. The van der Waals surface area contributed by atoms with Crippen molar-refractivity contribution in [2.24, 2.45) is 0 Å². The van der Waals surface area contributed by atoms with Crippen LogP contribution in [0.1, 0.15) is 12.8 Å². The van der Waals surface area contributed by atoms with Gasteiger partial charge < -0.3 is 15.7 Å². The number of rotatable bonds is 9. The number of carbonyl (C=O) groups is 2. The van der Waals surface area contributed by atoms with E-state index in [4.69, 9.17) is 5.11 Å². The minimum absolute atomic E-state index is 0.0118. The number of thioether (sulfide) groups is 1. The Bertz CT molecular complexity index is 397. The zero-order valence-electron chi connectivity index (χ0n) is 11.0. The van der Waals surface area contributed by atoms with Gasteiger partial charge >= 0.3 is 12.0 Å². The third kappa shape index (κ3) is 10.6. The summed E-state index contributed by atoms with van der Waals surface area (Å²) in [6.07, 6.45) is 3.61. The third-order valence-corrected chi connectivity index (χ3v) is 3.87. The molecular weight excluding hydrogens is 292 g/mol. The molecule has 0 aliphatic heterocycles. The minimum atomic E-state index is -3.04. The highest BCUT2D eigenvalue weighted by Crippen LogP contribution is 2.00. The standard InChI is InChI=1S/C10H20N2O5S2/c1-18-6-4-8(9(13)14)12-10(15)11-5-3-7-19(2,16)17/h8H,3-7H2,1-2H3,(H,13,14)(H2,11,12,15)/t8-/m1/s1. The summed E-state index contributed by atoms with van der Waals surface area (Å²) in [5.41, 5.74) is 0. The average molecular weight is 312 g/mol. The van der Waals surface area contributed by atoms with Gasteiger partial charge in [-0.25, -0.2) is 18.0 Å². The Hall–Kier alpha value is -0.960. The zero-order chi connectivity index (χ0) is 14.9. The molecule has 0 saturated heterocycles. The van der Waals surface area contributed by atoms with E-state index in [1.54, 1.807) is 0 Å². The summed E-state index contributed by atoms with van der Waals surface area (Å²) in [6, 6.07) is -1.52. The summed E-state index contributed by atoms with van der Waals surface area (Å²) in [6.45, 7) is 0.188. The molecule has 2 amide bonds. The number of amides is 2. The first-order valence-electron chi connectivity index (χ1n) is 5.70. The lowest BCUT2D eigenvalue weighted by atomic mass is 10.2. The number of hydrogen-bond acceptors (Lipinski definition) is 5. The van der Waals surface area contributed by atoms with E-state index in [2.05, 4.69) is 10.6 Å². The van der Waals surface area contributed by atoms with Crippen molar-refractivity contribution < 1.29 is 23.1 Å². The first-order valence-corrected chi connectivity index (χ1v) is 9.15. The van der Waals surface area contributed by atoms with Crippen LogP contribution in [0, 0.1) is 0 Å². The van der Waals surface area contributed by atoms with E-state index in [1.807, 2.05) is 6.26 Å². The van der Waals surface area contributed by atoms with Crippen LogP contribution in [0.25, 0.3) is 0 Å². The average Bonchev–Trinajstić information content (AvgIpc) is 2.28. The molecule has 19 heavy (non-hydrogen) atoms. The highest BCUT2D eigenvalue weighted by Gasteiger charge is 2.18. The molecule has 1 atom stereocenters. The molecule has 0 aromatic carbocycles. The lowest BCUT2D eigenvalue weighted by molar-refractivity contribution is -0.139. The van der Waals surface area contributed by atoms with Gasteiger partial charge in [0.25, 0.3) is 0 Å². The predicted molar refractivity (Wildman–Crippen MR) is 75.3 cm³/mol. The Morgan fingerprint density at radius 2 is 2.00 bits per heavy atom. The summed E-state index contributed by atoms with van der Waals surface area (Å²) in [5, 5.41) is 13.7. The molecular formula is C10H20N2O5S2. The van der Waals surface area contributed by atoms with Gasteiger partial charge in [-0.2, -0.15) is 11.8 Å². The Balaban J connectivity index is 3.96. The molecule has 0 unspecified atom stereocenters. The fraction of sp³-hybridized carbons (Fsp3) is 0.800. The fourth-order valence-electron chi connectivity index (χ4n) is 1.24. The molecule has 0 aromatic heterocycles. The van der Waals surface area contributed by atoms with Crippen LogP contribution >= 0.6 is 11.8 Å². The number of sulfone groups is 1. The molecule has 0 heterocycles. The molecule has 7 nitrogen and oxygen atoms in total. The minimum Gasteiger partial charge on any atom is -0.480 e. The van der Waals surface area contributed by atoms with E-state index in [0.29, 0.717) is 18.6 Å². The van der Waals surface area contributed by atoms with Crippen LogP contribution in [0.2, 0.25) is 0 Å². The summed E-state index contributed by atoms with van der Waals surface area (Å²) >= 11 is 1.50. The smallest absolute Gasteiger partial charge is 0.326 e. The highest BCUT2D eigenvalue weighted by molar-refractivity contribution is 7.98. The molecule has 0 aliphatic rings. The normalized spacial score (nSPS) is 12.7. The number of carboxylic acid groups (broad SMARTS) is 1. The number of aliphatic carboxylic acids is 1. The number of carboxylic acids is 1. The maximum atomic E-state index is 11.4. The summed E-state index contributed by atoms with van der Waals surface area (Å²) in [4.78, 5) is 22.3. The summed E-state index contributed by atoms with van der Waals surface area (Å²) < 4.78 is 21.7. The Morgan fingerprint density at radius 1 is 1.37 bits per heavy atom. The molecule has 0 aliphatic carbocycles. The first-order chi connectivity index (χ1) is 8.76. The Labute approximate surface area is 117 Å². The second kappa shape index (κ2) is 9.03. The fourth-order valence-corrected chi connectivity index (χ4v) is 2.38. The number of carbonyl (C=O) groups excluding carboxylic acids is 1. The molecule has 112 valence electrons. The SMILES string of the molecule is CSCC[C@@H](NC(=O)NCCCS(C)(=O)=O)C(=O)O. The number of nitrogens with one attached hydrogen (secondary N) is 2. The lowest BCUT2D eigenvalue weighted by Gasteiger charge is -2.14. The monoisotopic (exact) mass is 312 g/mol. The van der Waals surface area contributed by atoms with Gasteiger partial charge in [0.15, 0.2) is 0 Å². The Kier molecular flexibility index (Phi) is 8.57. The lowest BCUT2D eigenvalue weighted by Crippen LogP contribution is -2.46. The largest absolute Gasteiger partial charge is 0.480 e. The maximum absolute atomic E-state index is 11.4. The van der Waals surface area contributed by atoms with Crippen LogP contribution in [0.3, 0.4) is 0 Å². The molecule has 0 spiro atoms. The van der Waals surface area contributed by atoms with Gasteiger partial charge in [-0.1, -0.05) is 0 Å². The van der Waals surface area contributed by atoms with Crippen LogP contribution in [-0.4, -0.2) is 62.1 Å². The van der Waals surface area contributed by atoms with Crippen LogP contribution < -0.4 is 10.6 Å². The van der Waals surface area contributed by atoms with Gasteiger partial charge in [0.2, 0.25) is 0 Å². The van der Waals surface area contributed by atoms with E-state index >= 15 is 0 Å². The van der Waals surface area contributed by atoms with Crippen LogP contribution in [0.4, 0.5) is 4.79 Å². The van der Waals surface area contributed by atoms with Crippen molar-refractivity contribution in [1.29, 1.82) is 0 Å². The molecule has 0 saturated carbocycles. The van der Waals surface area contributed by atoms with Crippen molar-refractivity contribution in [1.82, 2.24) is 10.6 Å².